The van der Waals surface area contributed by atoms with Crippen molar-refractivity contribution in [3.8, 4) is 0 Å². The Morgan fingerprint density at radius 3 is 2.64 bits per heavy atom. The molecular formula is C16H24N2O3S. The average Bonchev–Trinajstić information content (AvgIpc) is 2.45. The number of carbonyl (C=O) groups is 1. The average molecular weight is 324 g/mol. The maximum absolute atomic E-state index is 12.8. The van der Waals surface area contributed by atoms with Crippen molar-refractivity contribution in [2.24, 2.45) is 5.73 Å². The van der Waals surface area contributed by atoms with E-state index in [0.29, 0.717) is 17.7 Å². The fourth-order valence-corrected chi connectivity index (χ4v) is 4.05. The molecule has 1 heterocycles. The molecule has 0 aliphatic carbocycles. The normalized spacial score (nSPS) is 20.7. The SMILES string of the molecule is Cc1ccc(C(=O)N2CCCCC2C(C)N)cc1S(C)(=O)=O. The van der Waals surface area contributed by atoms with E-state index in [0.717, 1.165) is 25.5 Å². The third kappa shape index (κ3) is 3.50. The van der Waals surface area contributed by atoms with Crippen molar-refractivity contribution in [1.29, 1.82) is 0 Å². The van der Waals surface area contributed by atoms with Gasteiger partial charge in [0, 0.05) is 30.4 Å². The van der Waals surface area contributed by atoms with Crippen molar-refractivity contribution in [3.63, 3.8) is 0 Å². The van der Waals surface area contributed by atoms with Crippen LogP contribution in [0.5, 0.6) is 0 Å². The summed E-state index contributed by atoms with van der Waals surface area (Å²) < 4.78 is 23.7. The molecule has 0 saturated carbocycles. The summed E-state index contributed by atoms with van der Waals surface area (Å²) in [7, 11) is -3.35. The molecule has 1 aromatic rings. The first-order valence-corrected chi connectivity index (χ1v) is 9.48. The van der Waals surface area contributed by atoms with Crippen molar-refractivity contribution >= 4 is 15.7 Å². The van der Waals surface area contributed by atoms with E-state index in [-0.39, 0.29) is 22.9 Å². The Bertz CT molecular complexity index is 668. The molecule has 1 aromatic carbocycles. The minimum atomic E-state index is -3.35. The molecule has 2 atom stereocenters. The minimum Gasteiger partial charge on any atom is -0.334 e. The van der Waals surface area contributed by atoms with Crippen LogP contribution >= 0.6 is 0 Å². The molecule has 22 heavy (non-hydrogen) atoms. The van der Waals surface area contributed by atoms with Gasteiger partial charge in [-0.05, 0) is 50.8 Å². The van der Waals surface area contributed by atoms with Crippen LogP contribution in [0.4, 0.5) is 0 Å². The topological polar surface area (TPSA) is 80.5 Å². The highest BCUT2D eigenvalue weighted by molar-refractivity contribution is 7.90. The molecule has 1 aliphatic heterocycles. The fourth-order valence-electron chi connectivity index (χ4n) is 3.05. The number of benzene rings is 1. The predicted octanol–water partition coefficient (Wildman–Crippen LogP) is 1.74. The van der Waals surface area contributed by atoms with Gasteiger partial charge in [0.05, 0.1) is 4.90 Å². The number of carbonyl (C=O) groups excluding carboxylic acids is 1. The predicted molar refractivity (Wildman–Crippen MR) is 86.6 cm³/mol. The van der Waals surface area contributed by atoms with Crippen LogP contribution in [0, 0.1) is 6.92 Å². The lowest BCUT2D eigenvalue weighted by Gasteiger charge is -2.38. The summed E-state index contributed by atoms with van der Waals surface area (Å²) in [6.45, 7) is 4.32. The monoisotopic (exact) mass is 324 g/mol. The van der Waals surface area contributed by atoms with E-state index in [1.807, 2.05) is 6.92 Å². The van der Waals surface area contributed by atoms with Crippen molar-refractivity contribution in [1.82, 2.24) is 4.90 Å². The van der Waals surface area contributed by atoms with E-state index in [9.17, 15) is 13.2 Å². The number of rotatable bonds is 3. The zero-order valence-electron chi connectivity index (χ0n) is 13.4. The van der Waals surface area contributed by atoms with Gasteiger partial charge in [0.25, 0.3) is 5.91 Å². The molecule has 0 bridgehead atoms. The highest BCUT2D eigenvalue weighted by atomic mass is 32.2. The number of likely N-dealkylation sites (tertiary alicyclic amines) is 1. The van der Waals surface area contributed by atoms with Crippen LogP contribution in [0.3, 0.4) is 0 Å². The van der Waals surface area contributed by atoms with Gasteiger partial charge in [0.15, 0.2) is 9.84 Å². The van der Waals surface area contributed by atoms with E-state index in [2.05, 4.69) is 0 Å². The quantitative estimate of drug-likeness (QED) is 0.918. The minimum absolute atomic E-state index is 0.0178. The molecule has 2 unspecified atom stereocenters. The zero-order valence-corrected chi connectivity index (χ0v) is 14.2. The smallest absolute Gasteiger partial charge is 0.254 e. The van der Waals surface area contributed by atoms with Crippen LogP contribution in [-0.2, 0) is 9.84 Å². The number of aryl methyl sites for hydroxylation is 1. The standard InChI is InChI=1S/C16H24N2O3S/c1-11-7-8-13(10-15(11)22(3,20)21)16(19)18-9-5-4-6-14(18)12(2)17/h7-8,10,12,14H,4-6,9,17H2,1-3H3. The first kappa shape index (κ1) is 17.0. The summed E-state index contributed by atoms with van der Waals surface area (Å²) in [5.41, 5.74) is 7.08. The van der Waals surface area contributed by atoms with Gasteiger partial charge in [-0.2, -0.15) is 0 Å². The van der Waals surface area contributed by atoms with E-state index in [1.54, 1.807) is 24.0 Å². The third-order valence-corrected chi connectivity index (χ3v) is 5.49. The maximum Gasteiger partial charge on any atom is 0.254 e. The molecule has 0 spiro atoms. The highest BCUT2D eigenvalue weighted by Gasteiger charge is 2.30. The molecule has 1 amide bonds. The van der Waals surface area contributed by atoms with Crippen LogP contribution in [0.15, 0.2) is 23.1 Å². The van der Waals surface area contributed by atoms with Crippen molar-refractivity contribution in [2.45, 2.75) is 50.1 Å². The number of nitrogens with two attached hydrogens (primary N) is 1. The van der Waals surface area contributed by atoms with Gasteiger partial charge in [0.1, 0.15) is 0 Å². The van der Waals surface area contributed by atoms with E-state index < -0.39 is 9.84 Å². The summed E-state index contributed by atoms with van der Waals surface area (Å²) in [5, 5.41) is 0. The second-order valence-corrected chi connectivity index (χ2v) is 8.16. The number of amides is 1. The van der Waals surface area contributed by atoms with Gasteiger partial charge in [-0.25, -0.2) is 8.42 Å². The molecule has 2 N–H and O–H groups in total. The summed E-state index contributed by atoms with van der Waals surface area (Å²) in [6.07, 6.45) is 4.08. The summed E-state index contributed by atoms with van der Waals surface area (Å²) in [6, 6.07) is 4.79. The van der Waals surface area contributed by atoms with Crippen LogP contribution in [0.1, 0.15) is 42.1 Å². The molecule has 6 heteroatoms. The maximum atomic E-state index is 12.8. The van der Waals surface area contributed by atoms with Crippen molar-refractivity contribution in [2.75, 3.05) is 12.8 Å². The molecule has 122 valence electrons. The van der Waals surface area contributed by atoms with Gasteiger partial charge < -0.3 is 10.6 Å². The number of hydrogen-bond acceptors (Lipinski definition) is 4. The van der Waals surface area contributed by atoms with E-state index in [4.69, 9.17) is 5.73 Å². The lowest BCUT2D eigenvalue weighted by molar-refractivity contribution is 0.0583. The van der Waals surface area contributed by atoms with Crippen LogP contribution in [-0.4, -0.2) is 44.1 Å². The fraction of sp³-hybridized carbons (Fsp3) is 0.562. The zero-order chi connectivity index (χ0) is 16.5. The second-order valence-electron chi connectivity index (χ2n) is 6.17. The molecule has 2 rings (SSSR count). The summed E-state index contributed by atoms with van der Waals surface area (Å²) in [4.78, 5) is 14.8. The van der Waals surface area contributed by atoms with Gasteiger partial charge >= 0.3 is 0 Å². The van der Waals surface area contributed by atoms with Crippen molar-refractivity contribution in [3.05, 3.63) is 29.3 Å². The van der Waals surface area contributed by atoms with Crippen LogP contribution < -0.4 is 5.73 Å². The van der Waals surface area contributed by atoms with Gasteiger partial charge in [0.2, 0.25) is 0 Å². The highest BCUT2D eigenvalue weighted by Crippen LogP contribution is 2.23. The summed E-state index contributed by atoms with van der Waals surface area (Å²) in [5.74, 6) is -0.132. The molecular weight excluding hydrogens is 300 g/mol. The number of nitrogens with zero attached hydrogens (tertiary/aromatic N) is 1. The third-order valence-electron chi connectivity index (χ3n) is 4.25. The number of sulfone groups is 1. The summed E-state index contributed by atoms with van der Waals surface area (Å²) >= 11 is 0. The first-order chi connectivity index (χ1) is 10.2. The molecule has 0 aromatic heterocycles. The van der Waals surface area contributed by atoms with Gasteiger partial charge in [-0.15, -0.1) is 0 Å². The Hall–Kier alpha value is -1.40. The number of piperidine rings is 1. The first-order valence-electron chi connectivity index (χ1n) is 7.59. The molecule has 1 aliphatic rings. The Balaban J connectivity index is 2.37. The lowest BCUT2D eigenvalue weighted by atomic mass is 9.96. The van der Waals surface area contributed by atoms with Crippen LogP contribution in [0.2, 0.25) is 0 Å². The van der Waals surface area contributed by atoms with Gasteiger partial charge in [-0.1, -0.05) is 6.07 Å². The van der Waals surface area contributed by atoms with Crippen molar-refractivity contribution < 1.29 is 13.2 Å². The van der Waals surface area contributed by atoms with E-state index in [1.165, 1.54) is 6.07 Å². The molecule has 1 saturated heterocycles. The molecule has 0 radical (unpaired) electrons. The van der Waals surface area contributed by atoms with Crippen LogP contribution in [0.25, 0.3) is 0 Å². The van der Waals surface area contributed by atoms with E-state index >= 15 is 0 Å². The largest absolute Gasteiger partial charge is 0.334 e. The Morgan fingerprint density at radius 1 is 1.36 bits per heavy atom. The number of hydrogen-bond donors (Lipinski definition) is 1. The lowest BCUT2D eigenvalue weighted by Crippen LogP contribution is -2.51. The Labute approximate surface area is 132 Å². The Kier molecular flexibility index (Phi) is 4.92. The van der Waals surface area contributed by atoms with Gasteiger partial charge in [-0.3, -0.25) is 4.79 Å². The second kappa shape index (κ2) is 6.38. The molecule has 5 nitrogen and oxygen atoms in total. The molecule has 1 fully saturated rings. The Morgan fingerprint density at radius 2 is 2.05 bits per heavy atom.